The fraction of sp³-hybridized carbons (Fsp3) is 0.731. The van der Waals surface area contributed by atoms with Crippen LogP contribution in [-0.2, 0) is 19.0 Å². The zero-order chi connectivity index (χ0) is 21.4. The molecule has 5 aliphatic carbocycles. The molecule has 4 unspecified atom stereocenters. The first-order chi connectivity index (χ1) is 15.1. The maximum atomic E-state index is 13.3. The minimum absolute atomic E-state index is 0.150. The van der Waals surface area contributed by atoms with Gasteiger partial charge in [0.15, 0.2) is 17.6 Å². The van der Waals surface area contributed by atoms with Crippen molar-refractivity contribution in [3.63, 3.8) is 0 Å². The Morgan fingerprint density at radius 3 is 2.97 bits per heavy atom. The van der Waals surface area contributed by atoms with Crippen LogP contribution in [0.5, 0.6) is 0 Å². The Morgan fingerprint density at radius 1 is 1.39 bits per heavy atom. The van der Waals surface area contributed by atoms with E-state index in [2.05, 4.69) is 37.6 Å². The Hall–Kier alpha value is -1.59. The number of allylic oxidation sites excluding steroid dienone is 3. The van der Waals surface area contributed by atoms with Crippen molar-refractivity contribution >= 4 is 5.78 Å². The van der Waals surface area contributed by atoms with Crippen LogP contribution in [0.25, 0.3) is 0 Å². The number of unbranched alkanes of at least 4 members (excludes halogenated alkanes) is 1. The second kappa shape index (κ2) is 6.71. The number of hydrogen-bond acceptors (Lipinski definition) is 5. The number of ether oxygens (including phenoxy) is 3. The molecule has 1 spiro atoms. The zero-order valence-electron chi connectivity index (χ0n) is 18.9. The Labute approximate surface area is 185 Å². The third-order valence-electron chi connectivity index (χ3n) is 9.19. The van der Waals surface area contributed by atoms with E-state index >= 15 is 0 Å². The molecule has 0 aromatic heterocycles. The maximum absolute atomic E-state index is 13.3. The summed E-state index contributed by atoms with van der Waals surface area (Å²) >= 11 is 0. The van der Waals surface area contributed by atoms with Gasteiger partial charge in [0, 0.05) is 18.9 Å². The summed E-state index contributed by atoms with van der Waals surface area (Å²) < 4.78 is 19.5. The first-order valence-corrected chi connectivity index (χ1v) is 12.3. The topological polar surface area (TPSA) is 48.0 Å². The summed E-state index contributed by atoms with van der Waals surface area (Å²) in [5.41, 5.74) is -0.784. The predicted molar refractivity (Wildman–Crippen MR) is 117 cm³/mol. The highest BCUT2D eigenvalue weighted by molar-refractivity contribution is 5.90. The van der Waals surface area contributed by atoms with Crippen molar-refractivity contribution in [1.29, 1.82) is 0 Å². The number of likely N-dealkylation sites (N-methyl/N-ethyl adjacent to an activating group) is 1. The highest BCUT2D eigenvalue weighted by atomic mass is 16.6. The molecule has 5 fully saturated rings. The summed E-state index contributed by atoms with van der Waals surface area (Å²) in [5, 5.41) is 0. The van der Waals surface area contributed by atoms with Gasteiger partial charge in [-0.3, -0.25) is 9.69 Å². The number of fused-ring (bicyclic) bond motifs is 1. The molecule has 6 aliphatic rings. The monoisotopic (exact) mass is 425 g/mol. The fourth-order valence-electron chi connectivity index (χ4n) is 8.06. The Morgan fingerprint density at radius 2 is 2.23 bits per heavy atom. The lowest BCUT2D eigenvalue weighted by Gasteiger charge is -2.37. The van der Waals surface area contributed by atoms with Gasteiger partial charge in [0.25, 0.3) is 0 Å². The first-order valence-electron chi connectivity index (χ1n) is 12.3. The normalized spacial score (nSPS) is 43.7. The van der Waals surface area contributed by atoms with Crippen LogP contribution in [0.2, 0.25) is 0 Å². The molecule has 0 amide bonds. The lowest BCUT2D eigenvalue weighted by Crippen LogP contribution is -2.45. The van der Waals surface area contributed by atoms with Gasteiger partial charge in [-0.2, -0.15) is 0 Å². The van der Waals surface area contributed by atoms with Crippen molar-refractivity contribution in [3.8, 4) is 0 Å². The molecule has 0 N–H and O–H groups in total. The van der Waals surface area contributed by atoms with Crippen molar-refractivity contribution in [2.24, 2.45) is 23.2 Å². The third-order valence-corrected chi connectivity index (χ3v) is 9.19. The molecule has 6 atom stereocenters. The maximum Gasteiger partial charge on any atom is 0.174 e. The van der Waals surface area contributed by atoms with E-state index in [-0.39, 0.29) is 28.3 Å². The van der Waals surface area contributed by atoms with Crippen LogP contribution in [0.15, 0.2) is 36.3 Å². The summed E-state index contributed by atoms with van der Waals surface area (Å²) in [5.74, 6) is 3.36. The van der Waals surface area contributed by atoms with Crippen LogP contribution in [0, 0.1) is 23.2 Å². The molecule has 5 nitrogen and oxygen atoms in total. The fourth-order valence-corrected chi connectivity index (χ4v) is 8.06. The van der Waals surface area contributed by atoms with Crippen LogP contribution in [0.4, 0.5) is 0 Å². The Kier molecular flexibility index (Phi) is 4.34. The van der Waals surface area contributed by atoms with E-state index in [4.69, 9.17) is 14.2 Å². The van der Waals surface area contributed by atoms with Gasteiger partial charge in [0.05, 0.1) is 24.2 Å². The minimum atomic E-state index is -0.414. The predicted octanol–water partition coefficient (Wildman–Crippen LogP) is 4.00. The largest absolute Gasteiger partial charge is 0.490 e. The van der Waals surface area contributed by atoms with Crippen molar-refractivity contribution in [2.45, 2.75) is 69.1 Å². The van der Waals surface area contributed by atoms with E-state index in [1.54, 1.807) is 0 Å². The van der Waals surface area contributed by atoms with Gasteiger partial charge in [-0.1, -0.05) is 25.5 Å². The van der Waals surface area contributed by atoms with Crippen molar-refractivity contribution in [2.75, 3.05) is 26.8 Å². The smallest absolute Gasteiger partial charge is 0.174 e. The molecule has 31 heavy (non-hydrogen) atoms. The van der Waals surface area contributed by atoms with Gasteiger partial charge in [0.1, 0.15) is 11.4 Å². The molecular weight excluding hydrogens is 390 g/mol. The first kappa shape index (κ1) is 20.0. The number of rotatable bonds is 10. The lowest BCUT2D eigenvalue weighted by atomic mass is 9.71. The van der Waals surface area contributed by atoms with E-state index in [0.717, 1.165) is 49.7 Å². The summed E-state index contributed by atoms with van der Waals surface area (Å²) in [6, 6.07) is 0. The van der Waals surface area contributed by atoms with Gasteiger partial charge in [-0.05, 0) is 57.1 Å². The van der Waals surface area contributed by atoms with Crippen LogP contribution >= 0.6 is 0 Å². The van der Waals surface area contributed by atoms with E-state index in [9.17, 15) is 4.79 Å². The second-order valence-corrected chi connectivity index (χ2v) is 10.6. The molecule has 0 aromatic rings. The number of ketones is 1. The number of nitrogens with zero attached hydrogens (tertiary/aromatic N) is 1. The van der Waals surface area contributed by atoms with Crippen LogP contribution in [0.1, 0.15) is 51.9 Å². The second-order valence-electron chi connectivity index (χ2n) is 10.6. The van der Waals surface area contributed by atoms with Crippen molar-refractivity contribution in [1.82, 2.24) is 4.90 Å². The Balaban J connectivity index is 1.46. The molecule has 1 heterocycles. The standard InChI is InChI=1S/C26H35NO4/c1-4-6-14-29-20-10-9-18-15-24(27(3)16-17-7-8-17)25(30-13-5-2)12-11-19(28)23-26(24,25)21(18)22(20)31-23/h5,9-10,17-18,21,23H,2,4,6-8,11-16H2,1,3H3/t18?,21?,23?,24-,25+,26?/m0/s1. The number of hydrogen-bond donors (Lipinski definition) is 0. The van der Waals surface area contributed by atoms with Gasteiger partial charge >= 0.3 is 0 Å². The van der Waals surface area contributed by atoms with Crippen LogP contribution in [0.3, 0.4) is 0 Å². The summed E-state index contributed by atoms with van der Waals surface area (Å²) in [6.07, 6.45) is 13.0. The summed E-state index contributed by atoms with van der Waals surface area (Å²) in [7, 11) is 2.27. The average molecular weight is 426 g/mol. The number of carbonyl (C=O) groups excluding carboxylic acids is 1. The molecule has 4 saturated carbocycles. The average Bonchev–Trinajstić information content (AvgIpc) is 3.57. The molecule has 6 rings (SSSR count). The summed E-state index contributed by atoms with van der Waals surface area (Å²) in [4.78, 5) is 15.9. The highest BCUT2D eigenvalue weighted by Gasteiger charge is 3.01. The van der Waals surface area contributed by atoms with Gasteiger partial charge in [-0.15, -0.1) is 6.58 Å². The molecule has 1 saturated heterocycles. The van der Waals surface area contributed by atoms with Crippen LogP contribution < -0.4 is 0 Å². The van der Waals surface area contributed by atoms with Crippen molar-refractivity contribution in [3.05, 3.63) is 36.3 Å². The Bertz CT molecular complexity index is 871. The molecule has 1 aliphatic heterocycles. The highest BCUT2D eigenvalue weighted by Crippen LogP contribution is 2.88. The van der Waals surface area contributed by atoms with Gasteiger partial charge in [-0.25, -0.2) is 0 Å². The quantitative estimate of drug-likeness (QED) is 0.391. The molecule has 5 heteroatoms. The molecule has 0 aromatic carbocycles. The third kappa shape index (κ3) is 2.22. The van der Waals surface area contributed by atoms with E-state index < -0.39 is 6.10 Å². The van der Waals surface area contributed by atoms with E-state index in [0.29, 0.717) is 25.6 Å². The lowest BCUT2D eigenvalue weighted by molar-refractivity contribution is -0.137. The van der Waals surface area contributed by atoms with Crippen molar-refractivity contribution < 1.29 is 19.0 Å². The molecule has 0 bridgehead atoms. The van der Waals surface area contributed by atoms with E-state index in [1.807, 2.05) is 6.08 Å². The summed E-state index contributed by atoms with van der Waals surface area (Å²) in [6.45, 7) is 8.38. The van der Waals surface area contributed by atoms with E-state index in [1.165, 1.54) is 12.8 Å². The number of carbonyl (C=O) groups is 1. The molecular formula is C26H35NO4. The SMILES string of the molecule is C=CCO[C@]12CCC(=O)C3OC4=C(OCCCC)C=CC5C[C@@]1(N(C)CC1CC1)C32C45. The molecule has 0 radical (unpaired) electrons. The van der Waals surface area contributed by atoms with Gasteiger partial charge in [0.2, 0.25) is 0 Å². The zero-order valence-corrected chi connectivity index (χ0v) is 18.9. The molecule has 168 valence electrons. The number of Topliss-reactive ketones (excluding diaryl/α,β-unsaturated/α-hetero) is 1. The van der Waals surface area contributed by atoms with Crippen LogP contribution in [-0.4, -0.2) is 54.7 Å². The van der Waals surface area contributed by atoms with Gasteiger partial charge < -0.3 is 14.2 Å². The minimum Gasteiger partial charge on any atom is -0.490 e.